The van der Waals surface area contributed by atoms with E-state index < -0.39 is 0 Å². The van der Waals surface area contributed by atoms with E-state index in [0.29, 0.717) is 5.82 Å². The van der Waals surface area contributed by atoms with Crippen LogP contribution in [0.1, 0.15) is 5.82 Å². The minimum atomic E-state index is 0.135. The van der Waals surface area contributed by atoms with Gasteiger partial charge in [-0.05, 0) is 48.5 Å². The Labute approximate surface area is 156 Å². The van der Waals surface area contributed by atoms with Gasteiger partial charge in [0.05, 0.1) is 25.6 Å². The van der Waals surface area contributed by atoms with E-state index in [9.17, 15) is 0 Å². The molecule has 0 radical (unpaired) electrons. The Morgan fingerprint density at radius 1 is 0.880 bits per heavy atom. The summed E-state index contributed by atoms with van der Waals surface area (Å²) in [7, 11) is 3.27. The topological polar surface area (TPSA) is 47.1 Å². The first-order chi connectivity index (χ1) is 12.1. The lowest BCUT2D eigenvalue weighted by atomic mass is 10.0. The van der Waals surface area contributed by atoms with E-state index in [2.05, 4.69) is 9.97 Å². The number of benzene rings is 2. The molecule has 4 nitrogen and oxygen atoms in total. The first-order valence-electron chi connectivity index (χ1n) is 7.52. The minimum Gasteiger partial charge on any atom is -0.497 e. The summed E-state index contributed by atoms with van der Waals surface area (Å²) in [5, 5.41) is 0. The third-order valence-electron chi connectivity index (χ3n) is 3.71. The van der Waals surface area contributed by atoms with Crippen molar-refractivity contribution in [2.75, 3.05) is 14.2 Å². The van der Waals surface area contributed by atoms with Gasteiger partial charge in [0.2, 0.25) is 0 Å². The number of nitrogens with zero attached hydrogens (tertiary/aromatic N) is 1. The maximum Gasteiger partial charge on any atom is 0.133 e. The number of hydrogen-bond donors (Lipinski definition) is 1. The Bertz CT molecular complexity index is 816. The monoisotopic (exact) mass is 374 g/mol. The third-order valence-corrected chi connectivity index (χ3v) is 3.93. The zero-order valence-electron chi connectivity index (χ0n) is 13.7. The zero-order chi connectivity index (χ0) is 17.8. The molecule has 0 fully saturated rings. The standard InChI is InChI=1S/C19H16Cl2N2O2/c1-24-14-7-3-12(4-8-14)18-19(23-17(22-18)11-16(20)21)13-5-9-15(25-2)10-6-13/h3-11H,1-2H3,(H,22,23). The highest BCUT2D eigenvalue weighted by atomic mass is 35.5. The molecule has 0 atom stereocenters. The smallest absolute Gasteiger partial charge is 0.133 e. The van der Waals surface area contributed by atoms with Gasteiger partial charge in [-0.25, -0.2) is 4.98 Å². The van der Waals surface area contributed by atoms with Crippen LogP contribution in [0.5, 0.6) is 11.5 Å². The van der Waals surface area contributed by atoms with Crippen molar-refractivity contribution in [2.45, 2.75) is 0 Å². The van der Waals surface area contributed by atoms with Gasteiger partial charge in [-0.1, -0.05) is 23.2 Å². The molecule has 1 aromatic heterocycles. The van der Waals surface area contributed by atoms with Gasteiger partial charge in [0.1, 0.15) is 21.8 Å². The molecular weight excluding hydrogens is 359 g/mol. The van der Waals surface area contributed by atoms with Gasteiger partial charge in [-0.2, -0.15) is 0 Å². The summed E-state index contributed by atoms with van der Waals surface area (Å²) in [6.07, 6.45) is 1.57. The van der Waals surface area contributed by atoms with Crippen LogP contribution in [0.2, 0.25) is 0 Å². The van der Waals surface area contributed by atoms with Crippen LogP contribution in [0, 0.1) is 0 Å². The average molecular weight is 375 g/mol. The number of aromatic amines is 1. The highest BCUT2D eigenvalue weighted by Crippen LogP contribution is 2.32. The largest absolute Gasteiger partial charge is 0.497 e. The second kappa shape index (κ2) is 7.64. The number of aromatic nitrogens is 2. The highest BCUT2D eigenvalue weighted by Gasteiger charge is 2.14. The van der Waals surface area contributed by atoms with Gasteiger partial charge in [0.15, 0.2) is 0 Å². The number of H-pyrrole nitrogens is 1. The molecule has 0 saturated heterocycles. The number of ether oxygens (including phenoxy) is 2. The lowest BCUT2D eigenvalue weighted by molar-refractivity contribution is 0.414. The highest BCUT2D eigenvalue weighted by molar-refractivity contribution is 6.57. The molecule has 6 heteroatoms. The lowest BCUT2D eigenvalue weighted by Gasteiger charge is -2.06. The molecule has 1 N–H and O–H groups in total. The van der Waals surface area contributed by atoms with Gasteiger partial charge in [0.25, 0.3) is 0 Å². The number of rotatable bonds is 5. The van der Waals surface area contributed by atoms with Crippen LogP contribution in [0.4, 0.5) is 0 Å². The van der Waals surface area contributed by atoms with Crippen LogP contribution in [-0.4, -0.2) is 24.2 Å². The van der Waals surface area contributed by atoms with E-state index in [0.717, 1.165) is 34.0 Å². The molecule has 2 aromatic carbocycles. The molecule has 0 aliphatic heterocycles. The van der Waals surface area contributed by atoms with Gasteiger partial charge < -0.3 is 14.5 Å². The summed E-state index contributed by atoms with van der Waals surface area (Å²) in [5.74, 6) is 2.16. The number of imidazole rings is 1. The van der Waals surface area contributed by atoms with E-state index in [-0.39, 0.29) is 4.49 Å². The van der Waals surface area contributed by atoms with Crippen molar-refractivity contribution in [3.05, 3.63) is 58.8 Å². The number of hydrogen-bond acceptors (Lipinski definition) is 3. The van der Waals surface area contributed by atoms with E-state index in [1.165, 1.54) is 0 Å². The SMILES string of the molecule is COc1ccc(-c2nc(C=C(Cl)Cl)[nH]c2-c2ccc(OC)cc2)cc1. The van der Waals surface area contributed by atoms with Crippen molar-refractivity contribution in [2.24, 2.45) is 0 Å². The molecule has 128 valence electrons. The molecule has 1 heterocycles. The molecule has 0 aliphatic rings. The fraction of sp³-hybridized carbons (Fsp3) is 0.105. The Balaban J connectivity index is 2.10. The number of halogens is 2. The van der Waals surface area contributed by atoms with Crippen LogP contribution in [0.15, 0.2) is 53.0 Å². The molecule has 3 rings (SSSR count). The van der Waals surface area contributed by atoms with Crippen molar-refractivity contribution >= 4 is 29.3 Å². The number of methoxy groups -OCH3 is 2. The van der Waals surface area contributed by atoms with E-state index in [4.69, 9.17) is 32.7 Å². The second-order valence-electron chi connectivity index (χ2n) is 5.24. The van der Waals surface area contributed by atoms with Crippen LogP contribution in [-0.2, 0) is 0 Å². The second-order valence-corrected chi connectivity index (χ2v) is 6.24. The van der Waals surface area contributed by atoms with Crippen molar-refractivity contribution in [1.29, 1.82) is 0 Å². The Kier molecular flexibility index (Phi) is 5.31. The van der Waals surface area contributed by atoms with Crippen LogP contribution in [0.3, 0.4) is 0 Å². The van der Waals surface area contributed by atoms with Gasteiger partial charge in [-0.15, -0.1) is 0 Å². The predicted molar refractivity (Wildman–Crippen MR) is 102 cm³/mol. The van der Waals surface area contributed by atoms with E-state index >= 15 is 0 Å². The van der Waals surface area contributed by atoms with Crippen LogP contribution in [0.25, 0.3) is 28.6 Å². The van der Waals surface area contributed by atoms with Crippen molar-refractivity contribution in [1.82, 2.24) is 9.97 Å². The molecule has 0 spiro atoms. The lowest BCUT2D eigenvalue weighted by Crippen LogP contribution is -1.87. The Hall–Kier alpha value is -2.43. The van der Waals surface area contributed by atoms with Crippen LogP contribution < -0.4 is 9.47 Å². The molecule has 3 aromatic rings. The maximum atomic E-state index is 5.78. The fourth-order valence-corrected chi connectivity index (χ4v) is 2.69. The summed E-state index contributed by atoms with van der Waals surface area (Å²) in [5.41, 5.74) is 3.60. The molecule has 25 heavy (non-hydrogen) atoms. The molecule has 0 aliphatic carbocycles. The zero-order valence-corrected chi connectivity index (χ0v) is 15.2. The molecule has 0 unspecified atom stereocenters. The average Bonchev–Trinajstić information content (AvgIpc) is 3.05. The molecule has 0 amide bonds. The maximum absolute atomic E-state index is 5.78. The van der Waals surface area contributed by atoms with Gasteiger partial charge >= 0.3 is 0 Å². The third kappa shape index (κ3) is 3.98. The van der Waals surface area contributed by atoms with Crippen molar-refractivity contribution in [3.8, 4) is 34.0 Å². The minimum absolute atomic E-state index is 0.135. The van der Waals surface area contributed by atoms with Gasteiger partial charge in [-0.3, -0.25) is 0 Å². The normalized spacial score (nSPS) is 10.4. The molecule has 0 bridgehead atoms. The summed E-state index contributed by atoms with van der Waals surface area (Å²) in [6.45, 7) is 0. The summed E-state index contributed by atoms with van der Waals surface area (Å²) in [4.78, 5) is 7.89. The Morgan fingerprint density at radius 3 is 1.88 bits per heavy atom. The van der Waals surface area contributed by atoms with Gasteiger partial charge in [0, 0.05) is 17.2 Å². The molecule has 0 saturated carbocycles. The van der Waals surface area contributed by atoms with Crippen LogP contribution >= 0.6 is 23.2 Å². The van der Waals surface area contributed by atoms with E-state index in [1.54, 1.807) is 20.3 Å². The Morgan fingerprint density at radius 2 is 1.40 bits per heavy atom. The predicted octanol–water partition coefficient (Wildman–Crippen LogP) is 5.54. The van der Waals surface area contributed by atoms with Crippen molar-refractivity contribution < 1.29 is 9.47 Å². The quantitative estimate of drug-likeness (QED) is 0.637. The molecular formula is C19H16Cl2N2O2. The summed E-state index contributed by atoms with van der Waals surface area (Å²) < 4.78 is 10.6. The summed E-state index contributed by atoms with van der Waals surface area (Å²) >= 11 is 11.6. The summed E-state index contributed by atoms with van der Waals surface area (Å²) in [6, 6.07) is 15.4. The first-order valence-corrected chi connectivity index (χ1v) is 8.28. The van der Waals surface area contributed by atoms with E-state index in [1.807, 2.05) is 48.5 Å². The number of nitrogens with one attached hydrogen (secondary N) is 1. The van der Waals surface area contributed by atoms with Crippen molar-refractivity contribution in [3.63, 3.8) is 0 Å². The first kappa shape index (κ1) is 17.4. The fourth-order valence-electron chi connectivity index (χ4n) is 2.49.